The standard InChI is InChI=1S/C8H13NO3.C4H6N2O2.C3H8.C2H6O/c1-2-12-8(11)9-5-3-7(10)4-6-9;1-2-8-4(7)3-6-5;1-3-2;1-2-3/h2-6H2,1H3;3H,2H2,1H3;3H2,1-2H3;3H,2H2,1H3. The largest absolute Gasteiger partial charge is 0.458 e. The molecule has 0 aromatic heterocycles. The highest BCUT2D eigenvalue weighted by atomic mass is 16.6. The van der Waals surface area contributed by atoms with Gasteiger partial charge in [-0.05, 0) is 20.8 Å². The first-order valence-electron chi connectivity index (χ1n) is 8.76. The number of ether oxygens (including phenoxy) is 2. The van der Waals surface area contributed by atoms with E-state index in [4.69, 9.17) is 15.4 Å². The summed E-state index contributed by atoms with van der Waals surface area (Å²) in [7, 11) is 0. The first kappa shape index (κ1) is 28.5. The zero-order valence-corrected chi connectivity index (χ0v) is 16.6. The van der Waals surface area contributed by atoms with Crippen molar-refractivity contribution >= 4 is 24.1 Å². The van der Waals surface area contributed by atoms with Crippen molar-refractivity contribution in [3.8, 4) is 0 Å². The molecule has 1 amide bonds. The third-order valence-electron chi connectivity index (χ3n) is 2.30. The molecule has 9 nitrogen and oxygen atoms in total. The fourth-order valence-electron chi connectivity index (χ4n) is 1.38. The van der Waals surface area contributed by atoms with Crippen LogP contribution in [0.15, 0.2) is 0 Å². The van der Waals surface area contributed by atoms with E-state index in [1.165, 1.54) is 6.42 Å². The van der Waals surface area contributed by atoms with E-state index in [9.17, 15) is 14.4 Å². The molecule has 1 aliphatic rings. The molecule has 1 heterocycles. The zero-order chi connectivity index (χ0) is 20.8. The van der Waals surface area contributed by atoms with Gasteiger partial charge in [-0.15, -0.1) is 0 Å². The Morgan fingerprint density at radius 1 is 1.12 bits per heavy atom. The number of aliphatic hydroxyl groups is 1. The van der Waals surface area contributed by atoms with Gasteiger partial charge < -0.3 is 25.0 Å². The molecule has 0 atom stereocenters. The van der Waals surface area contributed by atoms with E-state index in [-0.39, 0.29) is 18.5 Å². The van der Waals surface area contributed by atoms with Crippen LogP contribution in [0.3, 0.4) is 0 Å². The SMILES string of the molecule is CCC.CCO.CCOC(=O)C=[N+]=[N-].CCOC(=O)N1CCC(=O)CC1. The van der Waals surface area contributed by atoms with Gasteiger partial charge >= 0.3 is 18.3 Å². The number of hydrogen-bond acceptors (Lipinski definition) is 6. The first-order valence-corrected chi connectivity index (χ1v) is 8.76. The lowest BCUT2D eigenvalue weighted by Crippen LogP contribution is -2.38. The van der Waals surface area contributed by atoms with Crippen LogP contribution in [0.2, 0.25) is 0 Å². The lowest BCUT2D eigenvalue weighted by Gasteiger charge is -2.24. The number of carbonyl (C=O) groups excluding carboxylic acids is 3. The maximum Gasteiger partial charge on any atom is 0.413 e. The van der Waals surface area contributed by atoms with Gasteiger partial charge in [-0.2, -0.15) is 4.79 Å². The molecular formula is C17H33N3O6. The van der Waals surface area contributed by atoms with Crippen molar-refractivity contribution in [2.45, 2.75) is 53.9 Å². The number of aliphatic hydroxyl groups excluding tert-OH is 1. The van der Waals surface area contributed by atoms with E-state index in [1.54, 1.807) is 25.7 Å². The summed E-state index contributed by atoms with van der Waals surface area (Å²) < 4.78 is 9.13. The number of esters is 1. The highest BCUT2D eigenvalue weighted by Crippen LogP contribution is 2.06. The highest BCUT2D eigenvalue weighted by Gasteiger charge is 2.20. The number of ketones is 1. The number of nitrogens with zero attached hydrogens (tertiary/aromatic N) is 3. The quantitative estimate of drug-likeness (QED) is 0.348. The Hall–Kier alpha value is -2.25. The van der Waals surface area contributed by atoms with Crippen LogP contribution in [0.5, 0.6) is 0 Å². The lowest BCUT2D eigenvalue weighted by atomic mass is 10.1. The van der Waals surface area contributed by atoms with Gasteiger partial charge in [-0.25, -0.2) is 9.59 Å². The molecule has 0 aliphatic carbocycles. The van der Waals surface area contributed by atoms with Gasteiger partial charge in [0.1, 0.15) is 5.78 Å². The number of piperidine rings is 1. The van der Waals surface area contributed by atoms with E-state index in [2.05, 4.69) is 23.4 Å². The van der Waals surface area contributed by atoms with Crippen LogP contribution in [0.1, 0.15) is 53.9 Å². The second kappa shape index (κ2) is 22.8. The van der Waals surface area contributed by atoms with Crippen molar-refractivity contribution in [2.24, 2.45) is 0 Å². The molecule has 26 heavy (non-hydrogen) atoms. The number of carbonyl (C=O) groups is 3. The topological polar surface area (TPSA) is 130 Å². The van der Waals surface area contributed by atoms with Crippen molar-refractivity contribution in [3.05, 3.63) is 5.53 Å². The predicted octanol–water partition coefficient (Wildman–Crippen LogP) is 2.07. The lowest BCUT2D eigenvalue weighted by molar-refractivity contribution is -0.138. The Morgan fingerprint density at radius 2 is 1.54 bits per heavy atom. The van der Waals surface area contributed by atoms with Crippen molar-refractivity contribution in [1.82, 2.24) is 4.90 Å². The summed E-state index contributed by atoms with van der Waals surface area (Å²) in [5, 5.41) is 7.57. The van der Waals surface area contributed by atoms with Crippen molar-refractivity contribution in [1.29, 1.82) is 0 Å². The minimum Gasteiger partial charge on any atom is -0.458 e. The summed E-state index contributed by atoms with van der Waals surface area (Å²) in [4.78, 5) is 36.0. The Morgan fingerprint density at radius 3 is 1.88 bits per heavy atom. The van der Waals surface area contributed by atoms with Crippen LogP contribution in [0.25, 0.3) is 5.53 Å². The van der Waals surface area contributed by atoms with Gasteiger partial charge in [0, 0.05) is 32.5 Å². The van der Waals surface area contributed by atoms with E-state index < -0.39 is 5.97 Å². The Kier molecular flexibility index (Phi) is 25.0. The van der Waals surface area contributed by atoms with Gasteiger partial charge in [-0.1, -0.05) is 20.3 Å². The summed E-state index contributed by atoms with van der Waals surface area (Å²) in [5.41, 5.74) is 7.73. The van der Waals surface area contributed by atoms with Crippen LogP contribution in [-0.2, 0) is 19.1 Å². The highest BCUT2D eigenvalue weighted by molar-refractivity contribution is 6.20. The van der Waals surface area contributed by atoms with Crippen LogP contribution < -0.4 is 0 Å². The molecule has 0 bridgehead atoms. The summed E-state index contributed by atoms with van der Waals surface area (Å²) in [6, 6.07) is 0. The van der Waals surface area contributed by atoms with Crippen LogP contribution >= 0.6 is 0 Å². The molecule has 1 N–H and O–H groups in total. The Bertz CT molecular complexity index is 411. The Labute approximate surface area is 155 Å². The average Bonchev–Trinajstić information content (AvgIpc) is 2.58. The fraction of sp³-hybridized carbons (Fsp3) is 0.765. The van der Waals surface area contributed by atoms with Gasteiger partial charge in [0.05, 0.1) is 13.2 Å². The van der Waals surface area contributed by atoms with Gasteiger partial charge in [-0.3, -0.25) is 4.79 Å². The predicted molar refractivity (Wildman–Crippen MR) is 97.9 cm³/mol. The molecule has 1 rings (SSSR count). The summed E-state index contributed by atoms with van der Waals surface area (Å²) in [5.74, 6) is -0.398. The minimum atomic E-state index is -0.630. The van der Waals surface area contributed by atoms with Gasteiger partial charge in [0.2, 0.25) is 0 Å². The molecule has 0 unspecified atom stereocenters. The molecular weight excluding hydrogens is 342 g/mol. The van der Waals surface area contributed by atoms with E-state index in [0.717, 1.165) is 0 Å². The molecule has 1 aliphatic heterocycles. The second-order valence-corrected chi connectivity index (χ2v) is 4.74. The van der Waals surface area contributed by atoms with Crippen molar-refractivity contribution in [2.75, 3.05) is 32.9 Å². The second-order valence-electron chi connectivity index (χ2n) is 4.74. The zero-order valence-electron chi connectivity index (χ0n) is 16.6. The summed E-state index contributed by atoms with van der Waals surface area (Å²) in [6.45, 7) is 11.3. The first-order chi connectivity index (χ1) is 12.4. The number of hydrogen-bond donors (Lipinski definition) is 1. The van der Waals surface area contributed by atoms with Gasteiger partial charge in [0.15, 0.2) is 0 Å². The van der Waals surface area contributed by atoms with E-state index in [1.807, 2.05) is 0 Å². The summed E-state index contributed by atoms with van der Waals surface area (Å²) in [6.07, 6.45) is 2.59. The van der Waals surface area contributed by atoms with E-state index in [0.29, 0.717) is 45.4 Å². The normalized spacial score (nSPS) is 11.8. The molecule has 0 radical (unpaired) electrons. The summed E-state index contributed by atoms with van der Waals surface area (Å²) >= 11 is 0. The molecule has 152 valence electrons. The maximum absolute atomic E-state index is 11.1. The average molecular weight is 375 g/mol. The smallest absolute Gasteiger partial charge is 0.413 e. The monoisotopic (exact) mass is 375 g/mol. The molecule has 0 spiro atoms. The minimum absolute atomic E-state index is 0.232. The van der Waals surface area contributed by atoms with Crippen LogP contribution in [-0.4, -0.2) is 71.8 Å². The number of likely N-dealkylation sites (tertiary alicyclic amines) is 1. The number of rotatable bonds is 3. The van der Waals surface area contributed by atoms with Crippen LogP contribution in [0.4, 0.5) is 4.79 Å². The third kappa shape index (κ3) is 21.8. The van der Waals surface area contributed by atoms with Crippen LogP contribution in [0, 0.1) is 0 Å². The van der Waals surface area contributed by atoms with Crippen molar-refractivity contribution < 1.29 is 33.8 Å². The molecule has 0 aromatic carbocycles. The Balaban J connectivity index is -0.000000327. The van der Waals surface area contributed by atoms with Crippen molar-refractivity contribution in [3.63, 3.8) is 0 Å². The maximum atomic E-state index is 11.1. The number of amides is 1. The fourth-order valence-corrected chi connectivity index (χ4v) is 1.38. The third-order valence-corrected chi connectivity index (χ3v) is 2.30. The molecule has 9 heteroatoms. The van der Waals surface area contributed by atoms with E-state index >= 15 is 0 Å². The molecule has 1 fully saturated rings. The molecule has 1 saturated heterocycles. The van der Waals surface area contributed by atoms with Gasteiger partial charge in [0.25, 0.3) is 0 Å². The molecule has 0 aromatic rings. The molecule has 0 saturated carbocycles. The number of Topliss-reactive ketones (excluding diaryl/α,β-unsaturated/α-hetero) is 1.